The zero-order chi connectivity index (χ0) is 19.1. The van der Waals surface area contributed by atoms with Crippen molar-refractivity contribution in [1.29, 1.82) is 0 Å². The monoisotopic (exact) mass is 366 g/mol. The van der Waals surface area contributed by atoms with E-state index < -0.39 is 0 Å². The van der Waals surface area contributed by atoms with Gasteiger partial charge >= 0.3 is 0 Å². The van der Waals surface area contributed by atoms with Crippen LogP contribution in [0, 0.1) is 5.82 Å². The van der Waals surface area contributed by atoms with Crippen LogP contribution >= 0.6 is 0 Å². The lowest BCUT2D eigenvalue weighted by molar-refractivity contribution is 0.242. The number of nitrogens with one attached hydrogen (secondary N) is 2. The average molecular weight is 366 g/mol. The van der Waals surface area contributed by atoms with Crippen molar-refractivity contribution < 1.29 is 9.13 Å². The number of nitrogens with zero attached hydrogens (tertiary/aromatic N) is 2. The van der Waals surface area contributed by atoms with Crippen LogP contribution < -0.4 is 15.4 Å². The molecule has 0 aliphatic rings. The Morgan fingerprint density at radius 1 is 1.04 bits per heavy atom. The molecule has 0 radical (unpaired) electrons. The van der Waals surface area contributed by atoms with Gasteiger partial charge in [0, 0.05) is 18.4 Å². The van der Waals surface area contributed by atoms with Crippen LogP contribution in [0.2, 0.25) is 0 Å². The van der Waals surface area contributed by atoms with Crippen LogP contribution in [0.5, 0.6) is 5.75 Å². The fraction of sp³-hybridized carbons (Fsp3) is 0.238. The van der Waals surface area contributed by atoms with Gasteiger partial charge in [-0.25, -0.2) is 9.37 Å². The summed E-state index contributed by atoms with van der Waals surface area (Å²) >= 11 is 0. The predicted molar refractivity (Wildman–Crippen MR) is 106 cm³/mol. The van der Waals surface area contributed by atoms with Crippen LogP contribution in [0.1, 0.15) is 19.4 Å². The van der Waals surface area contributed by atoms with Crippen molar-refractivity contribution in [1.82, 2.24) is 9.97 Å². The molecule has 1 heterocycles. The molecule has 0 unspecified atom stereocenters. The van der Waals surface area contributed by atoms with Gasteiger partial charge in [-0.15, -0.1) is 0 Å². The second-order valence-electron chi connectivity index (χ2n) is 6.35. The fourth-order valence-corrected chi connectivity index (χ4v) is 2.56. The first kappa shape index (κ1) is 18.6. The van der Waals surface area contributed by atoms with Gasteiger partial charge in [0.25, 0.3) is 0 Å². The molecule has 27 heavy (non-hydrogen) atoms. The van der Waals surface area contributed by atoms with E-state index in [0.29, 0.717) is 30.3 Å². The number of aromatic nitrogens is 2. The minimum Gasteiger partial charge on any atom is -0.491 e. The normalized spacial score (nSPS) is 10.7. The highest BCUT2D eigenvalue weighted by Gasteiger charge is 2.03. The van der Waals surface area contributed by atoms with E-state index in [9.17, 15) is 4.39 Å². The van der Waals surface area contributed by atoms with Gasteiger partial charge in [-0.3, -0.25) is 0 Å². The molecule has 0 bridgehead atoms. The summed E-state index contributed by atoms with van der Waals surface area (Å²) in [5, 5.41) is 6.36. The zero-order valence-corrected chi connectivity index (χ0v) is 15.4. The molecule has 0 aliphatic heterocycles. The van der Waals surface area contributed by atoms with Crippen molar-refractivity contribution in [3.8, 4) is 5.75 Å². The van der Waals surface area contributed by atoms with Gasteiger partial charge in [0.1, 0.15) is 17.4 Å². The summed E-state index contributed by atoms with van der Waals surface area (Å²) in [6, 6.07) is 16.2. The maximum absolute atomic E-state index is 13.6. The van der Waals surface area contributed by atoms with Crippen LogP contribution in [-0.2, 0) is 6.42 Å². The number of anilines is 3. The van der Waals surface area contributed by atoms with Crippen LogP contribution in [0.4, 0.5) is 21.8 Å². The topological polar surface area (TPSA) is 59.1 Å². The van der Waals surface area contributed by atoms with Crippen LogP contribution in [-0.4, -0.2) is 22.6 Å². The zero-order valence-electron chi connectivity index (χ0n) is 15.4. The first-order valence-corrected chi connectivity index (χ1v) is 8.94. The SMILES string of the molecule is CC(C)Oc1ccc(Nc2nccc(NCCc3ccccc3F)n2)cc1. The molecule has 2 N–H and O–H groups in total. The summed E-state index contributed by atoms with van der Waals surface area (Å²) in [6.07, 6.45) is 2.40. The molecule has 6 heteroatoms. The molecule has 0 aliphatic carbocycles. The molecule has 3 aromatic rings. The number of hydrogen-bond donors (Lipinski definition) is 2. The van der Waals surface area contributed by atoms with Gasteiger partial charge in [0.05, 0.1) is 6.10 Å². The Labute approximate surface area is 158 Å². The van der Waals surface area contributed by atoms with E-state index in [2.05, 4.69) is 20.6 Å². The highest BCUT2D eigenvalue weighted by molar-refractivity contribution is 5.55. The Morgan fingerprint density at radius 3 is 2.56 bits per heavy atom. The smallest absolute Gasteiger partial charge is 0.229 e. The molecule has 0 fully saturated rings. The van der Waals surface area contributed by atoms with Gasteiger partial charge in [-0.1, -0.05) is 18.2 Å². The number of halogens is 1. The molecule has 0 saturated heterocycles. The van der Waals surface area contributed by atoms with Crippen molar-refractivity contribution in [3.63, 3.8) is 0 Å². The summed E-state index contributed by atoms with van der Waals surface area (Å²) in [4.78, 5) is 8.67. The minimum absolute atomic E-state index is 0.138. The van der Waals surface area contributed by atoms with Crippen molar-refractivity contribution >= 4 is 17.5 Å². The quantitative estimate of drug-likeness (QED) is 0.600. The second kappa shape index (κ2) is 8.98. The maximum atomic E-state index is 13.6. The molecule has 0 atom stereocenters. The lowest BCUT2D eigenvalue weighted by Crippen LogP contribution is -2.08. The standard InChI is InChI=1S/C21H23FN4O/c1-15(2)27-18-9-7-17(8-10-18)25-21-24-14-12-20(26-21)23-13-11-16-5-3-4-6-19(16)22/h3-10,12,14-15H,11,13H2,1-2H3,(H2,23,24,25,26). The Morgan fingerprint density at radius 2 is 1.81 bits per heavy atom. The molecular weight excluding hydrogens is 343 g/mol. The third kappa shape index (κ3) is 5.67. The van der Waals surface area contributed by atoms with Gasteiger partial charge in [-0.05, 0) is 62.2 Å². The van der Waals surface area contributed by atoms with E-state index in [-0.39, 0.29) is 11.9 Å². The van der Waals surface area contributed by atoms with Crippen molar-refractivity contribution in [2.24, 2.45) is 0 Å². The van der Waals surface area contributed by atoms with Crippen molar-refractivity contribution in [3.05, 3.63) is 72.2 Å². The average Bonchev–Trinajstić information content (AvgIpc) is 2.65. The van der Waals surface area contributed by atoms with E-state index in [1.54, 1.807) is 24.4 Å². The summed E-state index contributed by atoms with van der Waals surface area (Å²) in [5.41, 5.74) is 1.55. The van der Waals surface area contributed by atoms with Crippen LogP contribution in [0.3, 0.4) is 0 Å². The van der Waals surface area contributed by atoms with E-state index in [4.69, 9.17) is 4.74 Å². The van der Waals surface area contributed by atoms with Gasteiger partial charge < -0.3 is 15.4 Å². The molecule has 0 saturated carbocycles. The van der Waals surface area contributed by atoms with E-state index in [1.165, 1.54) is 6.07 Å². The number of rotatable bonds is 8. The van der Waals surface area contributed by atoms with E-state index >= 15 is 0 Å². The summed E-state index contributed by atoms with van der Waals surface area (Å²) in [5.74, 6) is 1.81. The first-order chi connectivity index (χ1) is 13.1. The molecule has 3 rings (SSSR count). The summed E-state index contributed by atoms with van der Waals surface area (Å²) in [7, 11) is 0. The third-order valence-corrected chi connectivity index (χ3v) is 3.80. The Kier molecular flexibility index (Phi) is 6.20. The highest BCUT2D eigenvalue weighted by atomic mass is 19.1. The lowest BCUT2D eigenvalue weighted by atomic mass is 10.1. The van der Waals surface area contributed by atoms with Gasteiger partial charge in [-0.2, -0.15) is 4.98 Å². The van der Waals surface area contributed by atoms with E-state index in [1.807, 2.05) is 44.2 Å². The second-order valence-corrected chi connectivity index (χ2v) is 6.35. The molecule has 140 valence electrons. The lowest BCUT2D eigenvalue weighted by Gasteiger charge is -2.11. The fourth-order valence-electron chi connectivity index (χ4n) is 2.56. The molecule has 1 aromatic heterocycles. The van der Waals surface area contributed by atoms with Gasteiger partial charge in [0.15, 0.2) is 0 Å². The highest BCUT2D eigenvalue weighted by Crippen LogP contribution is 2.19. The minimum atomic E-state index is -0.186. The van der Waals surface area contributed by atoms with Crippen LogP contribution in [0.15, 0.2) is 60.8 Å². The largest absolute Gasteiger partial charge is 0.491 e. The van der Waals surface area contributed by atoms with Crippen molar-refractivity contribution in [2.75, 3.05) is 17.2 Å². The molecule has 0 amide bonds. The predicted octanol–water partition coefficient (Wildman–Crippen LogP) is 4.80. The van der Waals surface area contributed by atoms with Crippen LogP contribution in [0.25, 0.3) is 0 Å². The maximum Gasteiger partial charge on any atom is 0.229 e. The number of ether oxygens (including phenoxy) is 1. The Hall–Kier alpha value is -3.15. The molecule has 5 nitrogen and oxygen atoms in total. The molecular formula is C21H23FN4O. The molecule has 0 spiro atoms. The summed E-state index contributed by atoms with van der Waals surface area (Å²) in [6.45, 7) is 4.56. The molecule has 2 aromatic carbocycles. The van der Waals surface area contributed by atoms with Crippen molar-refractivity contribution in [2.45, 2.75) is 26.4 Å². The Balaban J connectivity index is 1.56. The first-order valence-electron chi connectivity index (χ1n) is 8.94. The summed E-state index contributed by atoms with van der Waals surface area (Å²) < 4.78 is 19.3. The van der Waals surface area contributed by atoms with Gasteiger partial charge in [0.2, 0.25) is 5.95 Å². The van der Waals surface area contributed by atoms with E-state index in [0.717, 1.165) is 11.4 Å². The number of hydrogen-bond acceptors (Lipinski definition) is 5. The Bertz CT molecular complexity index is 868. The third-order valence-electron chi connectivity index (χ3n) is 3.80. The number of benzene rings is 2.